The van der Waals surface area contributed by atoms with Gasteiger partial charge in [0.05, 0.1) is 0 Å². The Morgan fingerprint density at radius 2 is 0.607 bits per heavy atom. The fraction of sp³-hybridized carbons (Fsp3) is 0. The minimum Gasteiger partial charge on any atom is -0.456 e. The molecule has 1 aliphatic rings. The number of hydrogen-bond acceptors (Lipinski definition) is 2. The van der Waals surface area contributed by atoms with E-state index in [1.807, 2.05) is 6.07 Å². The summed E-state index contributed by atoms with van der Waals surface area (Å²) in [6.07, 6.45) is 0. The number of fused-ring (bicyclic) bond motifs is 5. The van der Waals surface area contributed by atoms with E-state index in [0.29, 0.717) is 0 Å². The molecule has 0 aliphatic carbocycles. The molecule has 0 saturated heterocycles. The van der Waals surface area contributed by atoms with Gasteiger partial charge in [0.15, 0.2) is 0 Å². The van der Waals surface area contributed by atoms with E-state index in [1.165, 1.54) is 33.4 Å². The smallest absolute Gasteiger partial charge is 0.135 e. The van der Waals surface area contributed by atoms with Gasteiger partial charge in [0.2, 0.25) is 0 Å². The lowest BCUT2D eigenvalue weighted by molar-refractivity contribution is 0.488. The maximum Gasteiger partial charge on any atom is 0.135 e. The first kappa shape index (κ1) is 33.2. The highest BCUT2D eigenvalue weighted by atomic mass is 16.5. The Hall–Kier alpha value is -7.42. The average Bonchev–Trinajstić information content (AvgIpc) is 3.42. The Labute approximate surface area is 328 Å². The largest absolute Gasteiger partial charge is 0.456 e. The summed E-state index contributed by atoms with van der Waals surface area (Å²) in [5.41, 5.74) is 17.1. The second kappa shape index (κ2) is 14.4. The molecule has 0 aromatic heterocycles. The zero-order valence-electron chi connectivity index (χ0n) is 30.7. The summed E-state index contributed by atoms with van der Waals surface area (Å²) in [6, 6.07) is 79.9. The molecule has 56 heavy (non-hydrogen) atoms. The third kappa shape index (κ3) is 6.34. The molecule has 9 aromatic rings. The Morgan fingerprint density at radius 1 is 0.232 bits per heavy atom. The Morgan fingerprint density at radius 3 is 1.11 bits per heavy atom. The number of ether oxygens (including phenoxy) is 1. The van der Waals surface area contributed by atoms with Gasteiger partial charge in [-0.1, -0.05) is 170 Å². The van der Waals surface area contributed by atoms with Gasteiger partial charge >= 0.3 is 0 Å². The van der Waals surface area contributed by atoms with Crippen molar-refractivity contribution < 1.29 is 4.74 Å². The molecule has 264 valence electrons. The number of benzene rings is 9. The van der Waals surface area contributed by atoms with E-state index in [4.69, 9.17) is 4.74 Å². The quantitative estimate of drug-likeness (QED) is 0.163. The van der Waals surface area contributed by atoms with E-state index in [-0.39, 0.29) is 0 Å². The van der Waals surface area contributed by atoms with Gasteiger partial charge in [0.1, 0.15) is 11.5 Å². The van der Waals surface area contributed by atoms with E-state index >= 15 is 0 Å². The lowest BCUT2D eigenvalue weighted by Gasteiger charge is -2.27. The van der Waals surface area contributed by atoms with Gasteiger partial charge < -0.3 is 9.64 Å². The zero-order chi connectivity index (χ0) is 37.3. The molecule has 0 atom stereocenters. The first-order valence-electron chi connectivity index (χ1n) is 19.1. The average molecular weight is 716 g/mol. The van der Waals surface area contributed by atoms with Crippen molar-refractivity contribution in [3.63, 3.8) is 0 Å². The van der Waals surface area contributed by atoms with E-state index in [9.17, 15) is 0 Å². The fourth-order valence-electron chi connectivity index (χ4n) is 7.84. The first-order valence-corrected chi connectivity index (χ1v) is 19.1. The molecule has 0 bridgehead atoms. The number of nitrogens with zero attached hydrogens (tertiary/aromatic N) is 1. The van der Waals surface area contributed by atoms with E-state index in [1.54, 1.807) is 0 Å². The second-order valence-electron chi connectivity index (χ2n) is 14.1. The molecule has 2 nitrogen and oxygen atoms in total. The molecule has 1 aliphatic heterocycles. The molecule has 0 spiro atoms. The molecule has 0 radical (unpaired) electrons. The third-order valence-corrected chi connectivity index (χ3v) is 10.7. The van der Waals surface area contributed by atoms with Gasteiger partial charge in [-0.2, -0.15) is 0 Å². The minimum absolute atomic E-state index is 0.832. The van der Waals surface area contributed by atoms with E-state index in [2.05, 4.69) is 223 Å². The van der Waals surface area contributed by atoms with Gasteiger partial charge in [-0.25, -0.2) is 0 Å². The topological polar surface area (TPSA) is 12.5 Å². The molecule has 0 N–H and O–H groups in total. The fourth-order valence-corrected chi connectivity index (χ4v) is 7.84. The zero-order valence-corrected chi connectivity index (χ0v) is 30.7. The SMILES string of the molecule is c1ccc(-c2ccc(-c3ccc(N(c4ccc(-c5ccccc5)cc4)c4ccc5c(c4)-c4ccccc4-c4ccc(-c6ccccc6)cc4O5)cc3)cc2)cc1. The molecule has 1 heterocycles. The maximum atomic E-state index is 6.84. The van der Waals surface area contributed by atoms with Gasteiger partial charge in [-0.3, -0.25) is 0 Å². The molecule has 9 aromatic carbocycles. The Kier molecular flexibility index (Phi) is 8.55. The lowest BCUT2D eigenvalue weighted by Crippen LogP contribution is -2.10. The van der Waals surface area contributed by atoms with Crippen LogP contribution in [-0.4, -0.2) is 0 Å². The van der Waals surface area contributed by atoms with Crippen LogP contribution in [0.15, 0.2) is 224 Å². The van der Waals surface area contributed by atoms with Gasteiger partial charge in [0.25, 0.3) is 0 Å². The van der Waals surface area contributed by atoms with Crippen molar-refractivity contribution in [2.75, 3.05) is 4.90 Å². The number of anilines is 3. The van der Waals surface area contributed by atoms with Gasteiger partial charge in [0, 0.05) is 28.2 Å². The summed E-state index contributed by atoms with van der Waals surface area (Å²) in [7, 11) is 0. The molecule has 0 fully saturated rings. The molecular formula is C54H37NO. The maximum absolute atomic E-state index is 6.84. The van der Waals surface area contributed by atoms with Crippen molar-refractivity contribution in [2.24, 2.45) is 0 Å². The van der Waals surface area contributed by atoms with Crippen LogP contribution >= 0.6 is 0 Å². The normalized spacial score (nSPS) is 11.4. The van der Waals surface area contributed by atoms with Crippen LogP contribution in [0.25, 0.3) is 66.8 Å². The van der Waals surface area contributed by atoms with Crippen molar-refractivity contribution in [1.82, 2.24) is 0 Å². The molecule has 0 saturated carbocycles. The third-order valence-electron chi connectivity index (χ3n) is 10.7. The minimum atomic E-state index is 0.832. The predicted octanol–water partition coefficient (Wildman–Crippen LogP) is 15.3. The molecular weight excluding hydrogens is 679 g/mol. The standard InChI is InChI=1S/C54H37NO/c1-4-12-38(13-5-1)41-20-22-42(23-21-41)44-26-31-47(32-27-44)55(46-29-24-43(25-30-46)39-14-6-2-7-15-39)48-33-35-53-52(37-48)50-19-11-10-18-49(50)51-34-28-45(36-54(51)56-53)40-16-8-3-9-17-40/h1-37H. The van der Waals surface area contributed by atoms with Gasteiger partial charge in [-0.05, 0) is 110 Å². The highest BCUT2D eigenvalue weighted by Crippen LogP contribution is 2.50. The summed E-state index contributed by atoms with van der Waals surface area (Å²) in [5, 5.41) is 0. The number of rotatable bonds is 7. The second-order valence-corrected chi connectivity index (χ2v) is 14.1. The number of hydrogen-bond donors (Lipinski definition) is 0. The Bertz CT molecular complexity index is 2780. The highest BCUT2D eigenvalue weighted by Gasteiger charge is 2.23. The van der Waals surface area contributed by atoms with Crippen molar-refractivity contribution in [3.05, 3.63) is 224 Å². The van der Waals surface area contributed by atoms with Crippen LogP contribution in [0, 0.1) is 0 Å². The van der Waals surface area contributed by atoms with Crippen LogP contribution in [0.5, 0.6) is 11.5 Å². The van der Waals surface area contributed by atoms with Crippen LogP contribution in [0.3, 0.4) is 0 Å². The van der Waals surface area contributed by atoms with Crippen LogP contribution in [0.4, 0.5) is 17.1 Å². The highest BCUT2D eigenvalue weighted by molar-refractivity contribution is 5.94. The molecule has 0 unspecified atom stereocenters. The first-order chi connectivity index (χ1) is 27.7. The van der Waals surface area contributed by atoms with Crippen LogP contribution in [0.1, 0.15) is 0 Å². The van der Waals surface area contributed by atoms with Crippen molar-refractivity contribution in [3.8, 4) is 78.3 Å². The van der Waals surface area contributed by atoms with Crippen LogP contribution in [-0.2, 0) is 0 Å². The molecule has 10 rings (SSSR count). The van der Waals surface area contributed by atoms with Crippen molar-refractivity contribution in [2.45, 2.75) is 0 Å². The Balaban J connectivity index is 1.05. The van der Waals surface area contributed by atoms with Gasteiger partial charge in [-0.15, -0.1) is 0 Å². The van der Waals surface area contributed by atoms with Crippen LogP contribution < -0.4 is 9.64 Å². The summed E-state index contributed by atoms with van der Waals surface area (Å²) < 4.78 is 6.84. The monoisotopic (exact) mass is 715 g/mol. The van der Waals surface area contributed by atoms with Crippen LogP contribution in [0.2, 0.25) is 0 Å². The van der Waals surface area contributed by atoms with E-state index < -0.39 is 0 Å². The summed E-state index contributed by atoms with van der Waals surface area (Å²) >= 11 is 0. The lowest BCUT2D eigenvalue weighted by atomic mass is 9.93. The van der Waals surface area contributed by atoms with Crippen molar-refractivity contribution >= 4 is 17.1 Å². The molecule has 2 heteroatoms. The predicted molar refractivity (Wildman–Crippen MR) is 234 cm³/mol. The van der Waals surface area contributed by atoms with E-state index in [0.717, 1.165) is 61.9 Å². The van der Waals surface area contributed by atoms with Crippen molar-refractivity contribution in [1.29, 1.82) is 0 Å². The summed E-state index contributed by atoms with van der Waals surface area (Å²) in [6.45, 7) is 0. The molecule has 0 amide bonds. The summed E-state index contributed by atoms with van der Waals surface area (Å²) in [5.74, 6) is 1.69. The summed E-state index contributed by atoms with van der Waals surface area (Å²) in [4.78, 5) is 2.34.